The van der Waals surface area contributed by atoms with Gasteiger partial charge in [0.25, 0.3) is 10.0 Å². The Morgan fingerprint density at radius 2 is 2.12 bits per heavy atom. The molecule has 90 valence electrons. The topological polar surface area (TPSA) is 107 Å². The van der Waals surface area contributed by atoms with Crippen molar-refractivity contribution >= 4 is 31.9 Å². The van der Waals surface area contributed by atoms with Crippen LogP contribution in [0.25, 0.3) is 0 Å². The minimum absolute atomic E-state index is 0.163. The lowest BCUT2D eigenvalue weighted by Gasteiger charge is -2.08. The maximum absolute atomic E-state index is 11.6. The molecule has 0 spiro atoms. The van der Waals surface area contributed by atoms with E-state index in [1.807, 2.05) is 0 Å². The minimum atomic E-state index is -4.04. The quantitative estimate of drug-likeness (QED) is 0.643. The second-order valence-electron chi connectivity index (χ2n) is 3.13. The van der Waals surface area contributed by atoms with E-state index in [0.717, 1.165) is 6.07 Å². The van der Waals surface area contributed by atoms with E-state index in [-0.39, 0.29) is 14.9 Å². The largest absolute Gasteiger partial charge is 0.478 e. The summed E-state index contributed by atoms with van der Waals surface area (Å²) >= 11 is 3.05. The van der Waals surface area contributed by atoms with Crippen LogP contribution in [0.1, 0.15) is 15.9 Å². The number of halogens is 1. The molecule has 0 aliphatic carbocycles. The summed E-state index contributed by atoms with van der Waals surface area (Å²) in [5.74, 6) is -1.24. The fraction of sp³-hybridized carbons (Fsp3) is 0.111. The van der Waals surface area contributed by atoms with Gasteiger partial charge in [-0.25, -0.2) is 17.9 Å². The molecule has 1 aromatic carbocycles. The summed E-state index contributed by atoms with van der Waals surface area (Å²) in [7, 11) is -4.04. The molecular formula is C9H7BrN2O4S. The zero-order valence-electron chi connectivity index (χ0n) is 8.56. The minimum Gasteiger partial charge on any atom is -0.478 e. The normalized spacial score (nSPS) is 10.6. The Kier molecular flexibility index (Phi) is 3.75. The fourth-order valence-corrected chi connectivity index (χ4v) is 2.95. The number of nitriles is 1. The van der Waals surface area contributed by atoms with Crippen LogP contribution in [0, 0.1) is 18.4 Å². The van der Waals surface area contributed by atoms with Crippen LogP contribution in [0.5, 0.6) is 0 Å². The molecule has 0 saturated carbocycles. The summed E-state index contributed by atoms with van der Waals surface area (Å²) in [5, 5.41) is 17.2. The monoisotopic (exact) mass is 318 g/mol. The van der Waals surface area contributed by atoms with Crippen molar-refractivity contribution in [3.8, 4) is 6.19 Å². The maximum Gasteiger partial charge on any atom is 0.335 e. The number of benzene rings is 1. The van der Waals surface area contributed by atoms with Gasteiger partial charge in [0.05, 0.1) is 5.56 Å². The smallest absolute Gasteiger partial charge is 0.335 e. The lowest BCUT2D eigenvalue weighted by Crippen LogP contribution is -2.19. The Balaban J connectivity index is 3.55. The van der Waals surface area contributed by atoms with Gasteiger partial charge in [0.1, 0.15) is 4.90 Å². The van der Waals surface area contributed by atoms with Gasteiger partial charge in [-0.3, -0.25) is 0 Å². The first-order valence-corrected chi connectivity index (χ1v) is 6.51. The molecular weight excluding hydrogens is 312 g/mol. The Morgan fingerprint density at radius 1 is 1.53 bits per heavy atom. The van der Waals surface area contributed by atoms with Gasteiger partial charge in [-0.1, -0.05) is 0 Å². The number of aryl methyl sites for hydroxylation is 1. The van der Waals surface area contributed by atoms with Crippen LogP contribution in [-0.2, 0) is 10.0 Å². The van der Waals surface area contributed by atoms with Gasteiger partial charge >= 0.3 is 5.97 Å². The highest BCUT2D eigenvalue weighted by molar-refractivity contribution is 9.10. The number of carboxylic acid groups (broad SMARTS) is 1. The van der Waals surface area contributed by atoms with E-state index in [4.69, 9.17) is 10.4 Å². The van der Waals surface area contributed by atoms with Crippen molar-refractivity contribution in [3.63, 3.8) is 0 Å². The van der Waals surface area contributed by atoms with Crippen LogP contribution < -0.4 is 4.72 Å². The number of aromatic carboxylic acids is 1. The van der Waals surface area contributed by atoms with Crippen molar-refractivity contribution in [1.29, 1.82) is 5.26 Å². The third-order valence-corrected chi connectivity index (χ3v) is 4.51. The molecule has 1 aromatic rings. The van der Waals surface area contributed by atoms with Crippen LogP contribution in [0.2, 0.25) is 0 Å². The van der Waals surface area contributed by atoms with Crippen molar-refractivity contribution < 1.29 is 18.3 Å². The van der Waals surface area contributed by atoms with E-state index in [2.05, 4.69) is 15.9 Å². The number of sulfonamides is 1. The number of nitrogens with zero attached hydrogens (tertiary/aromatic N) is 1. The van der Waals surface area contributed by atoms with Crippen molar-refractivity contribution in [1.82, 2.24) is 4.72 Å². The Labute approximate surface area is 106 Å². The van der Waals surface area contributed by atoms with Gasteiger partial charge in [0, 0.05) is 4.47 Å². The van der Waals surface area contributed by atoms with Gasteiger partial charge in [-0.15, -0.1) is 0 Å². The highest BCUT2D eigenvalue weighted by atomic mass is 79.9. The summed E-state index contributed by atoms with van der Waals surface area (Å²) in [5.41, 5.74) is 0.284. The molecule has 0 aliphatic heterocycles. The molecule has 0 heterocycles. The molecule has 17 heavy (non-hydrogen) atoms. The van der Waals surface area contributed by atoms with Crippen LogP contribution in [-0.4, -0.2) is 19.5 Å². The van der Waals surface area contributed by atoms with Crippen LogP contribution in [0.3, 0.4) is 0 Å². The molecule has 0 aliphatic rings. The summed E-state index contributed by atoms with van der Waals surface area (Å²) < 4.78 is 25.1. The molecule has 0 saturated heterocycles. The number of rotatable bonds is 3. The van der Waals surface area contributed by atoms with Crippen LogP contribution in [0.15, 0.2) is 21.5 Å². The van der Waals surface area contributed by atoms with E-state index < -0.39 is 16.0 Å². The molecule has 2 N–H and O–H groups in total. The number of carboxylic acids is 1. The van der Waals surface area contributed by atoms with E-state index in [9.17, 15) is 13.2 Å². The van der Waals surface area contributed by atoms with Gasteiger partial charge in [-0.05, 0) is 40.5 Å². The van der Waals surface area contributed by atoms with E-state index >= 15 is 0 Å². The zero-order valence-corrected chi connectivity index (χ0v) is 11.0. The van der Waals surface area contributed by atoms with E-state index in [1.165, 1.54) is 12.3 Å². The Bertz CT molecular complexity index is 619. The summed E-state index contributed by atoms with van der Waals surface area (Å²) in [6, 6.07) is 2.32. The standard InChI is InChI=1S/C9H7BrN2O4S/c1-5-2-6(9(13)14)3-7(8(5)10)17(15,16)12-4-11/h2-3,12H,1H3,(H,13,14). The van der Waals surface area contributed by atoms with Crippen molar-refractivity contribution in [2.45, 2.75) is 11.8 Å². The van der Waals surface area contributed by atoms with Gasteiger partial charge in [0.2, 0.25) is 0 Å². The predicted molar refractivity (Wildman–Crippen MR) is 61.8 cm³/mol. The highest BCUT2D eigenvalue weighted by Crippen LogP contribution is 2.27. The predicted octanol–water partition coefficient (Wildman–Crippen LogP) is 1.22. The number of nitrogens with one attached hydrogen (secondary N) is 1. The SMILES string of the molecule is Cc1cc(C(=O)O)cc(S(=O)(=O)NC#N)c1Br. The number of hydrogen-bond donors (Lipinski definition) is 2. The van der Waals surface area contributed by atoms with Crippen LogP contribution >= 0.6 is 15.9 Å². The molecule has 0 fully saturated rings. The first-order chi connectivity index (χ1) is 7.79. The third-order valence-electron chi connectivity index (χ3n) is 1.94. The molecule has 0 radical (unpaired) electrons. The lowest BCUT2D eigenvalue weighted by atomic mass is 10.1. The molecule has 8 heteroatoms. The van der Waals surface area contributed by atoms with Crippen molar-refractivity contribution in [3.05, 3.63) is 27.7 Å². The highest BCUT2D eigenvalue weighted by Gasteiger charge is 2.21. The molecule has 0 atom stereocenters. The van der Waals surface area contributed by atoms with Gasteiger partial charge in [-0.2, -0.15) is 5.26 Å². The second-order valence-corrected chi connectivity index (χ2v) is 5.57. The molecule has 1 rings (SSSR count). The molecule has 0 unspecified atom stereocenters. The average molecular weight is 319 g/mol. The van der Waals surface area contributed by atoms with E-state index in [0.29, 0.717) is 5.56 Å². The van der Waals surface area contributed by atoms with E-state index in [1.54, 1.807) is 11.6 Å². The third kappa shape index (κ3) is 2.75. The summed E-state index contributed by atoms with van der Waals surface area (Å²) in [4.78, 5) is 10.5. The maximum atomic E-state index is 11.6. The first-order valence-electron chi connectivity index (χ1n) is 4.24. The average Bonchev–Trinajstić information content (AvgIpc) is 2.21. The Hall–Kier alpha value is -1.59. The number of carbonyl (C=O) groups is 1. The molecule has 0 amide bonds. The van der Waals surface area contributed by atoms with Crippen molar-refractivity contribution in [2.24, 2.45) is 0 Å². The number of hydrogen-bond acceptors (Lipinski definition) is 4. The van der Waals surface area contributed by atoms with Gasteiger partial charge < -0.3 is 5.11 Å². The molecule has 6 nitrogen and oxygen atoms in total. The summed E-state index contributed by atoms with van der Waals surface area (Å²) in [6.45, 7) is 1.56. The Morgan fingerprint density at radius 3 is 2.59 bits per heavy atom. The zero-order chi connectivity index (χ0) is 13.2. The first kappa shape index (κ1) is 13.5. The molecule has 0 bridgehead atoms. The fourth-order valence-electron chi connectivity index (χ4n) is 1.17. The summed E-state index contributed by atoms with van der Waals surface area (Å²) in [6.07, 6.45) is 1.30. The molecule has 0 aromatic heterocycles. The lowest BCUT2D eigenvalue weighted by molar-refractivity contribution is 0.0696. The second kappa shape index (κ2) is 4.73. The van der Waals surface area contributed by atoms with Crippen molar-refractivity contribution in [2.75, 3.05) is 0 Å². The van der Waals surface area contributed by atoms with Crippen LogP contribution in [0.4, 0.5) is 0 Å². The van der Waals surface area contributed by atoms with Gasteiger partial charge in [0.15, 0.2) is 6.19 Å².